The number of hydrogen-bond acceptors (Lipinski definition) is 12. The van der Waals surface area contributed by atoms with Crippen molar-refractivity contribution >= 4 is 90.0 Å². The first kappa shape index (κ1) is 38.2. The van der Waals surface area contributed by atoms with Gasteiger partial charge in [0.2, 0.25) is 0 Å². The molecule has 0 radical (unpaired) electrons. The minimum Gasteiger partial charge on any atom is -0.226 e. The molecule has 0 aliphatic heterocycles. The van der Waals surface area contributed by atoms with E-state index >= 15 is 0 Å². The average molecular weight is 709 g/mol. The zero-order chi connectivity index (χ0) is 34.1. The molecule has 0 amide bonds. The molecule has 48 heavy (non-hydrogen) atoms. The lowest BCUT2D eigenvalue weighted by atomic mass is 10.3. The Bertz CT molecular complexity index is 1680. The molecule has 0 aliphatic rings. The second-order valence-electron chi connectivity index (χ2n) is 9.00. The summed E-state index contributed by atoms with van der Waals surface area (Å²) >= 11 is 0. The van der Waals surface area contributed by atoms with Crippen LogP contribution in [0, 0.1) is 0 Å². The van der Waals surface area contributed by atoms with Gasteiger partial charge in [-0.2, -0.15) is 20.0 Å². The van der Waals surface area contributed by atoms with E-state index in [0.29, 0.717) is 26.2 Å². The van der Waals surface area contributed by atoms with Gasteiger partial charge in [0.05, 0.1) is 46.8 Å². The molecule has 12 heteroatoms. The Balaban J connectivity index is 0.000000260. The van der Waals surface area contributed by atoms with Crippen LogP contribution in [-0.2, 0) is 0 Å². The summed E-state index contributed by atoms with van der Waals surface area (Å²) in [6.45, 7) is 10.6. The molecule has 244 valence electrons. The minimum absolute atomic E-state index is 0.679. The minimum atomic E-state index is 0.679. The standard InChI is InChI=1S/2C18H18N4S2/c1-3-19-13-21-15-5-9-17(10-6-15)23-24-18-11-7-16(8-12-18)22-14-20-4-2;1-3-19-13-21-15-9-5-7-11-17(15)23-24-18-12-8-6-10-16(18)22-14-20-4-2/h2*5-12H,3-4H2,1-2H3. The van der Waals surface area contributed by atoms with Gasteiger partial charge in [0.15, 0.2) is 0 Å². The quantitative estimate of drug-likeness (QED) is 0.0961. The zero-order valence-electron chi connectivity index (χ0n) is 27.3. The highest BCUT2D eigenvalue weighted by Gasteiger charge is 2.06. The normalized spacial score (nSPS) is 9.58. The van der Waals surface area contributed by atoms with Crippen LogP contribution in [0.25, 0.3) is 0 Å². The highest BCUT2D eigenvalue weighted by molar-refractivity contribution is 8.77. The summed E-state index contributed by atoms with van der Waals surface area (Å²) in [7, 11) is 6.68. The van der Waals surface area contributed by atoms with Crippen LogP contribution in [0.4, 0.5) is 22.7 Å². The van der Waals surface area contributed by atoms with Crippen LogP contribution >= 0.6 is 43.2 Å². The Kier molecular flexibility index (Phi) is 19.1. The van der Waals surface area contributed by atoms with Crippen LogP contribution in [0.1, 0.15) is 27.7 Å². The lowest BCUT2D eigenvalue weighted by molar-refractivity contribution is 1.14. The fourth-order valence-electron chi connectivity index (χ4n) is 3.23. The zero-order valence-corrected chi connectivity index (χ0v) is 30.5. The molecule has 0 atom stereocenters. The SMILES string of the molecule is CCN=C=Nc1ccc(SSc2ccc(N=C=NCC)cc2)cc1.CCN=C=Nc1ccccc1SSc1ccccc1N=C=NCC. The molecule has 0 aliphatic carbocycles. The molecule has 0 heterocycles. The molecule has 0 aromatic heterocycles. The molecule has 0 unspecified atom stereocenters. The topological polar surface area (TPSA) is 98.9 Å². The Morgan fingerprint density at radius 2 is 0.729 bits per heavy atom. The molecule has 0 bridgehead atoms. The van der Waals surface area contributed by atoms with Gasteiger partial charge in [0, 0.05) is 45.8 Å². The van der Waals surface area contributed by atoms with Gasteiger partial charge in [-0.15, -0.1) is 0 Å². The smallest absolute Gasteiger partial charge is 0.0949 e. The number of para-hydroxylation sites is 2. The van der Waals surface area contributed by atoms with Crippen molar-refractivity contribution in [3.05, 3.63) is 97.1 Å². The third-order valence-electron chi connectivity index (χ3n) is 5.47. The summed E-state index contributed by atoms with van der Waals surface area (Å²) in [6, 6.07) is 42.7. The van der Waals surface area contributed by atoms with E-state index in [2.05, 4.69) is 64.0 Å². The number of aliphatic imine (C=N–C) groups is 8. The summed E-state index contributed by atoms with van der Waals surface area (Å²) in [4.78, 5) is 37.2. The maximum atomic E-state index is 4.29. The van der Waals surface area contributed by atoms with E-state index in [1.807, 2.05) is 125 Å². The van der Waals surface area contributed by atoms with E-state index in [1.165, 1.54) is 9.79 Å². The van der Waals surface area contributed by atoms with Crippen molar-refractivity contribution in [2.45, 2.75) is 47.3 Å². The molecule has 0 spiro atoms. The lowest BCUT2D eigenvalue weighted by Crippen LogP contribution is -1.74. The lowest BCUT2D eigenvalue weighted by Gasteiger charge is -2.05. The summed E-state index contributed by atoms with van der Waals surface area (Å²) in [5, 5.41) is 0. The van der Waals surface area contributed by atoms with E-state index in [9.17, 15) is 0 Å². The summed E-state index contributed by atoms with van der Waals surface area (Å²) in [5.41, 5.74) is 3.44. The van der Waals surface area contributed by atoms with Crippen molar-refractivity contribution in [2.24, 2.45) is 39.9 Å². The molecule has 4 aromatic rings. The van der Waals surface area contributed by atoms with Crippen LogP contribution in [-0.4, -0.2) is 50.2 Å². The second kappa shape index (κ2) is 24.0. The van der Waals surface area contributed by atoms with Crippen molar-refractivity contribution < 1.29 is 0 Å². The molecule has 8 nitrogen and oxygen atoms in total. The Morgan fingerprint density at radius 1 is 0.396 bits per heavy atom. The summed E-state index contributed by atoms with van der Waals surface area (Å²) in [6.07, 6.45) is 0. The van der Waals surface area contributed by atoms with E-state index in [1.54, 1.807) is 43.2 Å². The van der Waals surface area contributed by atoms with Gasteiger partial charge in [-0.1, -0.05) is 67.4 Å². The van der Waals surface area contributed by atoms with Crippen molar-refractivity contribution in [1.29, 1.82) is 0 Å². The first-order chi connectivity index (χ1) is 23.7. The van der Waals surface area contributed by atoms with Crippen LogP contribution in [0.3, 0.4) is 0 Å². The van der Waals surface area contributed by atoms with Gasteiger partial charge >= 0.3 is 0 Å². The summed E-state index contributed by atoms with van der Waals surface area (Å²) in [5.74, 6) is 0. The molecular weight excluding hydrogens is 673 g/mol. The molecule has 0 saturated carbocycles. The van der Waals surface area contributed by atoms with Crippen LogP contribution in [0.15, 0.2) is 157 Å². The monoisotopic (exact) mass is 708 g/mol. The Labute approximate surface area is 298 Å². The second-order valence-corrected chi connectivity index (χ2v) is 13.5. The third kappa shape index (κ3) is 15.1. The van der Waals surface area contributed by atoms with Crippen LogP contribution < -0.4 is 0 Å². The predicted molar refractivity (Wildman–Crippen MR) is 209 cm³/mol. The number of benzene rings is 4. The average Bonchev–Trinajstić information content (AvgIpc) is 3.12. The van der Waals surface area contributed by atoms with Crippen LogP contribution in [0.5, 0.6) is 0 Å². The van der Waals surface area contributed by atoms with Gasteiger partial charge < -0.3 is 0 Å². The third-order valence-corrected chi connectivity index (χ3v) is 10.4. The van der Waals surface area contributed by atoms with E-state index in [4.69, 9.17) is 0 Å². The van der Waals surface area contributed by atoms with E-state index < -0.39 is 0 Å². The van der Waals surface area contributed by atoms with Gasteiger partial charge in [-0.3, -0.25) is 0 Å². The van der Waals surface area contributed by atoms with Gasteiger partial charge in [-0.25, -0.2) is 20.0 Å². The largest absolute Gasteiger partial charge is 0.226 e. The maximum Gasteiger partial charge on any atom is 0.0949 e. The molecule has 4 rings (SSSR count). The fourth-order valence-corrected chi connectivity index (χ4v) is 7.39. The van der Waals surface area contributed by atoms with Crippen molar-refractivity contribution in [3.8, 4) is 0 Å². The molecule has 4 aromatic carbocycles. The van der Waals surface area contributed by atoms with Crippen molar-refractivity contribution in [1.82, 2.24) is 0 Å². The van der Waals surface area contributed by atoms with E-state index in [-0.39, 0.29) is 0 Å². The van der Waals surface area contributed by atoms with Crippen molar-refractivity contribution in [3.63, 3.8) is 0 Å². The summed E-state index contributed by atoms with van der Waals surface area (Å²) < 4.78 is 0. The van der Waals surface area contributed by atoms with Gasteiger partial charge in [0.1, 0.15) is 0 Å². The first-order valence-electron chi connectivity index (χ1n) is 15.2. The van der Waals surface area contributed by atoms with Crippen molar-refractivity contribution in [2.75, 3.05) is 26.2 Å². The number of rotatable bonds is 14. The predicted octanol–water partition coefficient (Wildman–Crippen LogP) is 12.3. The number of nitrogens with zero attached hydrogens (tertiary/aromatic N) is 8. The van der Waals surface area contributed by atoms with Crippen LogP contribution in [0.2, 0.25) is 0 Å². The molecule has 0 saturated heterocycles. The van der Waals surface area contributed by atoms with Gasteiger partial charge in [0.25, 0.3) is 0 Å². The fraction of sp³-hybridized carbons (Fsp3) is 0.222. The highest BCUT2D eigenvalue weighted by atomic mass is 33.1. The Morgan fingerprint density at radius 3 is 1.08 bits per heavy atom. The Hall–Kier alpha value is -4.20. The molecular formula is C36H36N8S4. The highest BCUT2D eigenvalue weighted by Crippen LogP contribution is 2.44. The van der Waals surface area contributed by atoms with Gasteiger partial charge in [-0.05, 0) is 100 Å². The molecule has 0 N–H and O–H groups in total. The maximum absolute atomic E-state index is 4.29. The van der Waals surface area contributed by atoms with E-state index in [0.717, 1.165) is 32.5 Å². The molecule has 0 fully saturated rings. The first-order valence-corrected chi connectivity index (χ1v) is 19.5. The number of hydrogen-bond donors (Lipinski definition) is 0.